The van der Waals surface area contributed by atoms with Crippen molar-refractivity contribution in [2.45, 2.75) is 56.9 Å². The van der Waals surface area contributed by atoms with E-state index in [1.54, 1.807) is 13.8 Å². The van der Waals surface area contributed by atoms with E-state index in [2.05, 4.69) is 0 Å². The molecule has 20 heavy (non-hydrogen) atoms. The molecule has 2 aliphatic heterocycles. The highest BCUT2D eigenvalue weighted by Crippen LogP contribution is 2.26. The first-order chi connectivity index (χ1) is 9.43. The summed E-state index contributed by atoms with van der Waals surface area (Å²) in [5.41, 5.74) is 0. The van der Waals surface area contributed by atoms with Gasteiger partial charge in [0.15, 0.2) is 18.4 Å². The second-order valence-corrected chi connectivity index (χ2v) is 4.94. The van der Waals surface area contributed by atoms with Crippen molar-refractivity contribution < 1.29 is 34.0 Å². The summed E-state index contributed by atoms with van der Waals surface area (Å²) in [7, 11) is 1.40. The Morgan fingerprint density at radius 1 is 1.20 bits per heavy atom. The Morgan fingerprint density at radius 2 is 1.90 bits per heavy atom. The standard InChI is InChI=1S/C13H20O7/c1-6-8(14)4-5-9(18-6)20-12-10(15)7(2)19-13(17-3)11(12)16/h4-7,9-13,15-16H,1-3H3/t6-,7-,9-,10+,11-,12+,13+/m0/s1. The molecule has 2 N–H and O–H groups in total. The lowest BCUT2D eigenvalue weighted by molar-refractivity contribution is -0.313. The fraction of sp³-hybridized carbons (Fsp3) is 0.769. The number of hydrogen-bond acceptors (Lipinski definition) is 7. The summed E-state index contributed by atoms with van der Waals surface area (Å²) in [6.45, 7) is 3.27. The molecular formula is C13H20O7. The molecule has 7 heteroatoms. The summed E-state index contributed by atoms with van der Waals surface area (Å²) in [6.07, 6.45) is -3.16. The minimum atomic E-state index is -1.16. The molecule has 7 atom stereocenters. The molecule has 2 aliphatic rings. The second-order valence-electron chi connectivity index (χ2n) is 4.94. The minimum Gasteiger partial charge on any atom is -0.388 e. The maximum absolute atomic E-state index is 11.3. The molecular weight excluding hydrogens is 268 g/mol. The van der Waals surface area contributed by atoms with E-state index < -0.39 is 43.1 Å². The Kier molecular flexibility index (Phi) is 4.90. The van der Waals surface area contributed by atoms with Crippen LogP contribution in [0.1, 0.15) is 13.8 Å². The molecule has 1 fully saturated rings. The van der Waals surface area contributed by atoms with Gasteiger partial charge in [0.1, 0.15) is 24.4 Å². The van der Waals surface area contributed by atoms with Gasteiger partial charge in [-0.15, -0.1) is 0 Å². The molecule has 0 aromatic heterocycles. The lowest BCUT2D eigenvalue weighted by atomic mass is 9.99. The fourth-order valence-electron chi connectivity index (χ4n) is 2.21. The molecule has 1 saturated heterocycles. The lowest BCUT2D eigenvalue weighted by Crippen LogP contribution is -2.59. The molecule has 2 rings (SSSR count). The van der Waals surface area contributed by atoms with Gasteiger partial charge in [-0.3, -0.25) is 4.79 Å². The highest BCUT2D eigenvalue weighted by atomic mass is 16.7. The number of aliphatic hydroxyl groups excluding tert-OH is 2. The van der Waals surface area contributed by atoms with Gasteiger partial charge in [-0.05, 0) is 26.0 Å². The van der Waals surface area contributed by atoms with Crippen LogP contribution in [0, 0.1) is 0 Å². The van der Waals surface area contributed by atoms with Gasteiger partial charge in [-0.25, -0.2) is 0 Å². The Balaban J connectivity index is 2.06. The number of rotatable bonds is 3. The van der Waals surface area contributed by atoms with Crippen LogP contribution < -0.4 is 0 Å². The zero-order chi connectivity index (χ0) is 14.9. The third-order valence-electron chi connectivity index (χ3n) is 3.46. The molecule has 0 bridgehead atoms. The van der Waals surface area contributed by atoms with Crippen molar-refractivity contribution in [3.8, 4) is 0 Å². The van der Waals surface area contributed by atoms with Gasteiger partial charge in [-0.1, -0.05) is 0 Å². The molecule has 0 saturated carbocycles. The average molecular weight is 288 g/mol. The second kappa shape index (κ2) is 6.30. The third-order valence-corrected chi connectivity index (χ3v) is 3.46. The number of aliphatic hydroxyl groups is 2. The highest BCUT2D eigenvalue weighted by molar-refractivity contribution is 5.93. The third kappa shape index (κ3) is 3.08. The van der Waals surface area contributed by atoms with E-state index >= 15 is 0 Å². The van der Waals surface area contributed by atoms with Crippen LogP contribution in [0.15, 0.2) is 12.2 Å². The Bertz CT molecular complexity index is 383. The van der Waals surface area contributed by atoms with Crippen molar-refractivity contribution in [2.24, 2.45) is 0 Å². The van der Waals surface area contributed by atoms with E-state index in [0.29, 0.717) is 0 Å². The van der Waals surface area contributed by atoms with E-state index in [1.807, 2.05) is 0 Å². The molecule has 0 aromatic carbocycles. The predicted octanol–water partition coefficient (Wildman–Crippen LogP) is -0.645. The molecule has 0 aliphatic carbocycles. The first-order valence-electron chi connectivity index (χ1n) is 6.51. The minimum absolute atomic E-state index is 0.152. The molecule has 0 amide bonds. The van der Waals surface area contributed by atoms with Gasteiger partial charge in [-0.2, -0.15) is 0 Å². The maximum Gasteiger partial charge on any atom is 0.186 e. The molecule has 0 unspecified atom stereocenters. The van der Waals surface area contributed by atoms with Crippen molar-refractivity contribution in [1.29, 1.82) is 0 Å². The van der Waals surface area contributed by atoms with Crippen molar-refractivity contribution >= 4 is 5.78 Å². The summed E-state index contributed by atoms with van der Waals surface area (Å²) >= 11 is 0. The Morgan fingerprint density at radius 3 is 2.50 bits per heavy atom. The van der Waals surface area contributed by atoms with Gasteiger partial charge >= 0.3 is 0 Å². The fourth-order valence-corrected chi connectivity index (χ4v) is 2.21. The molecule has 0 radical (unpaired) electrons. The molecule has 2 heterocycles. The quantitative estimate of drug-likeness (QED) is 0.713. The summed E-state index contributed by atoms with van der Waals surface area (Å²) in [5, 5.41) is 20.1. The first kappa shape index (κ1) is 15.6. The molecule has 0 aromatic rings. The monoisotopic (exact) mass is 288 g/mol. The van der Waals surface area contributed by atoms with E-state index in [-0.39, 0.29) is 5.78 Å². The summed E-state index contributed by atoms with van der Waals surface area (Å²) in [4.78, 5) is 11.3. The van der Waals surface area contributed by atoms with Gasteiger partial charge in [0.25, 0.3) is 0 Å². The average Bonchev–Trinajstić information content (AvgIpc) is 2.42. The zero-order valence-electron chi connectivity index (χ0n) is 11.6. The van der Waals surface area contributed by atoms with Crippen molar-refractivity contribution in [2.75, 3.05) is 7.11 Å². The van der Waals surface area contributed by atoms with Crippen LogP contribution in [-0.4, -0.2) is 66.2 Å². The van der Waals surface area contributed by atoms with Crippen molar-refractivity contribution in [1.82, 2.24) is 0 Å². The van der Waals surface area contributed by atoms with Crippen LogP contribution in [-0.2, 0) is 23.7 Å². The van der Waals surface area contributed by atoms with E-state index in [4.69, 9.17) is 18.9 Å². The van der Waals surface area contributed by atoms with Crippen LogP contribution >= 0.6 is 0 Å². The first-order valence-corrected chi connectivity index (χ1v) is 6.51. The summed E-state index contributed by atoms with van der Waals surface area (Å²) in [5.74, 6) is -0.152. The molecule has 7 nitrogen and oxygen atoms in total. The van der Waals surface area contributed by atoms with Crippen LogP contribution in [0.5, 0.6) is 0 Å². The SMILES string of the molecule is CO[C@@H]1O[C@@H](C)[C@@H](O)[C@@H](O[C@H]2C=CC(=O)[C@H](C)O2)[C@@H]1O. The van der Waals surface area contributed by atoms with Gasteiger partial charge in [0.05, 0.1) is 6.10 Å². The number of ether oxygens (including phenoxy) is 4. The predicted molar refractivity (Wildman–Crippen MR) is 66.7 cm³/mol. The number of carbonyl (C=O) groups is 1. The van der Waals surface area contributed by atoms with Crippen LogP contribution in [0.4, 0.5) is 0 Å². The number of hydrogen-bond donors (Lipinski definition) is 2. The summed E-state index contributed by atoms with van der Waals surface area (Å²) in [6, 6.07) is 0. The van der Waals surface area contributed by atoms with Crippen LogP contribution in [0.3, 0.4) is 0 Å². The smallest absolute Gasteiger partial charge is 0.186 e. The molecule has 0 spiro atoms. The van der Waals surface area contributed by atoms with Gasteiger partial charge < -0.3 is 29.2 Å². The maximum atomic E-state index is 11.3. The summed E-state index contributed by atoms with van der Waals surface area (Å²) < 4.78 is 21.2. The van der Waals surface area contributed by atoms with Crippen molar-refractivity contribution in [3.05, 3.63) is 12.2 Å². The largest absolute Gasteiger partial charge is 0.388 e. The number of carbonyl (C=O) groups excluding carboxylic acids is 1. The lowest BCUT2D eigenvalue weighted by Gasteiger charge is -2.41. The van der Waals surface area contributed by atoms with E-state index in [9.17, 15) is 15.0 Å². The molecule has 114 valence electrons. The van der Waals surface area contributed by atoms with Gasteiger partial charge in [0.2, 0.25) is 0 Å². The Hall–Kier alpha value is -0.830. The van der Waals surface area contributed by atoms with E-state index in [0.717, 1.165) is 0 Å². The van der Waals surface area contributed by atoms with Crippen molar-refractivity contribution in [3.63, 3.8) is 0 Å². The van der Waals surface area contributed by atoms with Gasteiger partial charge in [0, 0.05) is 7.11 Å². The van der Waals surface area contributed by atoms with Crippen LogP contribution in [0.2, 0.25) is 0 Å². The Labute approximate surface area is 117 Å². The zero-order valence-corrected chi connectivity index (χ0v) is 11.6. The number of methoxy groups -OCH3 is 1. The van der Waals surface area contributed by atoms with Crippen LogP contribution in [0.25, 0.3) is 0 Å². The number of ketones is 1. The topological polar surface area (TPSA) is 94.5 Å². The highest BCUT2D eigenvalue weighted by Gasteiger charge is 2.45. The van der Waals surface area contributed by atoms with E-state index in [1.165, 1.54) is 19.3 Å². The normalized spacial score (nSPS) is 45.6.